The molecule has 0 atom stereocenters. The predicted molar refractivity (Wildman–Crippen MR) is 271 cm³/mol. The van der Waals surface area contributed by atoms with Crippen LogP contribution >= 0.6 is 0 Å². The molecule has 2 aliphatic carbocycles. The normalized spacial score (nSPS) is 13.8. The summed E-state index contributed by atoms with van der Waals surface area (Å²) in [7, 11) is 0. The molecule has 0 radical (unpaired) electrons. The van der Waals surface area contributed by atoms with Crippen LogP contribution in [0.2, 0.25) is 0 Å². The van der Waals surface area contributed by atoms with E-state index >= 15 is 0 Å². The van der Waals surface area contributed by atoms with Gasteiger partial charge in [0.2, 0.25) is 0 Å². The molecule has 0 bridgehead atoms. The average molecular weight is 821 g/mol. The molecule has 10 aromatic rings. The van der Waals surface area contributed by atoms with Crippen LogP contribution in [0.5, 0.6) is 0 Å². The Hall–Kier alpha value is -7.68. The number of fused-ring (bicyclic) bond motifs is 8. The summed E-state index contributed by atoms with van der Waals surface area (Å²) in [5, 5.41) is 5.05. The van der Waals surface area contributed by atoms with E-state index in [9.17, 15) is 0 Å². The van der Waals surface area contributed by atoms with E-state index in [0.717, 1.165) is 29.9 Å². The number of nitrogens with zero attached hydrogens (tertiary/aromatic N) is 2. The van der Waals surface area contributed by atoms with Gasteiger partial charge in [-0.3, -0.25) is 0 Å². The van der Waals surface area contributed by atoms with Crippen LogP contribution in [0.1, 0.15) is 43.2 Å². The second-order valence-corrected chi connectivity index (χ2v) is 17.6. The van der Waals surface area contributed by atoms with Crippen LogP contribution in [-0.4, -0.2) is 0 Å². The Morgan fingerprint density at radius 1 is 0.297 bits per heavy atom. The zero-order valence-corrected chi connectivity index (χ0v) is 35.9. The van der Waals surface area contributed by atoms with E-state index in [1.807, 2.05) is 0 Å². The zero-order valence-electron chi connectivity index (χ0n) is 35.9. The highest BCUT2D eigenvalue weighted by atomic mass is 15.1. The van der Waals surface area contributed by atoms with Crippen molar-refractivity contribution in [1.82, 2.24) is 0 Å². The maximum atomic E-state index is 2.56. The Balaban J connectivity index is 1.00. The van der Waals surface area contributed by atoms with Gasteiger partial charge in [0.25, 0.3) is 0 Å². The van der Waals surface area contributed by atoms with E-state index in [-0.39, 0.29) is 5.41 Å². The van der Waals surface area contributed by atoms with Gasteiger partial charge in [-0.25, -0.2) is 0 Å². The maximum absolute atomic E-state index is 2.56. The number of hydrogen-bond acceptors (Lipinski definition) is 2. The fourth-order valence-corrected chi connectivity index (χ4v) is 11.0. The van der Waals surface area contributed by atoms with Gasteiger partial charge in [-0.15, -0.1) is 0 Å². The molecule has 0 N–H and O–H groups in total. The molecule has 0 amide bonds. The standard InChI is InChI=1S/C62H48N2/c1-5-17-44(18-6-1)46-27-31-50(32-28-46)63(51-33-29-47(30-34-51)45-19-7-2-8-20-45)52-35-37-56-57-38-36-53(43-60(57)62(59(56)42-52)39-15-4-16-40-62)64(49-22-9-3-10-23-49)61-41-48-21-11-12-24-54(48)55-25-13-14-26-58(55)61/h1-3,5-14,17-38,41-43H,4,15-16,39-40H2. The van der Waals surface area contributed by atoms with Crippen LogP contribution in [0.3, 0.4) is 0 Å². The molecule has 0 aromatic heterocycles. The zero-order chi connectivity index (χ0) is 42.5. The van der Waals surface area contributed by atoms with Crippen molar-refractivity contribution in [3.05, 3.63) is 242 Å². The van der Waals surface area contributed by atoms with Gasteiger partial charge in [-0.1, -0.05) is 183 Å². The first-order valence-corrected chi connectivity index (χ1v) is 22.9. The molecule has 0 unspecified atom stereocenters. The molecule has 1 fully saturated rings. The van der Waals surface area contributed by atoms with Gasteiger partial charge in [0, 0.05) is 39.2 Å². The third kappa shape index (κ3) is 6.48. The van der Waals surface area contributed by atoms with Gasteiger partial charge in [-0.2, -0.15) is 0 Å². The topological polar surface area (TPSA) is 6.48 Å². The van der Waals surface area contributed by atoms with Crippen LogP contribution < -0.4 is 9.80 Å². The summed E-state index contributed by atoms with van der Waals surface area (Å²) in [6.07, 6.45) is 6.00. The van der Waals surface area contributed by atoms with E-state index in [2.05, 4.69) is 240 Å². The summed E-state index contributed by atoms with van der Waals surface area (Å²) in [6.45, 7) is 0. The number of para-hydroxylation sites is 1. The molecule has 0 heterocycles. The van der Waals surface area contributed by atoms with Gasteiger partial charge in [0.05, 0.1) is 5.69 Å². The molecule has 10 aromatic carbocycles. The average Bonchev–Trinajstić information content (AvgIpc) is 3.62. The van der Waals surface area contributed by atoms with Crippen LogP contribution in [0.4, 0.5) is 34.1 Å². The molecular formula is C62H48N2. The molecule has 2 heteroatoms. The van der Waals surface area contributed by atoms with Crippen molar-refractivity contribution in [3.8, 4) is 33.4 Å². The van der Waals surface area contributed by atoms with Gasteiger partial charge in [0.1, 0.15) is 0 Å². The van der Waals surface area contributed by atoms with E-state index in [0.29, 0.717) is 0 Å². The van der Waals surface area contributed by atoms with Gasteiger partial charge in [-0.05, 0) is 140 Å². The molecule has 1 saturated carbocycles. The van der Waals surface area contributed by atoms with Crippen molar-refractivity contribution in [2.24, 2.45) is 0 Å². The largest absolute Gasteiger partial charge is 0.310 e. The first kappa shape index (κ1) is 38.0. The Morgan fingerprint density at radius 3 is 1.28 bits per heavy atom. The Morgan fingerprint density at radius 2 is 0.719 bits per heavy atom. The lowest BCUT2D eigenvalue weighted by Crippen LogP contribution is -2.28. The summed E-state index contributed by atoms with van der Waals surface area (Å²) in [5.41, 5.74) is 17.5. The Bertz CT molecular complexity index is 3190. The van der Waals surface area contributed by atoms with Crippen molar-refractivity contribution < 1.29 is 0 Å². The minimum absolute atomic E-state index is 0.0806. The number of rotatable bonds is 8. The summed E-state index contributed by atoms with van der Waals surface area (Å²) in [6, 6.07) is 85.3. The smallest absolute Gasteiger partial charge is 0.0546 e. The third-order valence-electron chi connectivity index (χ3n) is 14.0. The van der Waals surface area contributed by atoms with Crippen molar-refractivity contribution in [1.29, 1.82) is 0 Å². The highest BCUT2D eigenvalue weighted by molar-refractivity contribution is 6.14. The van der Waals surface area contributed by atoms with Gasteiger partial charge >= 0.3 is 0 Å². The Kier molecular flexibility index (Phi) is 9.45. The minimum Gasteiger partial charge on any atom is -0.310 e. The summed E-state index contributed by atoms with van der Waals surface area (Å²) in [5.74, 6) is 0. The Labute approximate surface area is 376 Å². The van der Waals surface area contributed by atoms with E-state index < -0.39 is 0 Å². The predicted octanol–water partition coefficient (Wildman–Crippen LogP) is 17.5. The second kappa shape index (κ2) is 15.9. The van der Waals surface area contributed by atoms with E-state index in [1.54, 1.807) is 0 Å². The molecular weight excluding hydrogens is 773 g/mol. The molecule has 2 nitrogen and oxygen atoms in total. The quantitative estimate of drug-likeness (QED) is 0.141. The van der Waals surface area contributed by atoms with Crippen molar-refractivity contribution in [3.63, 3.8) is 0 Å². The highest BCUT2D eigenvalue weighted by Crippen LogP contribution is 2.58. The molecule has 306 valence electrons. The molecule has 1 spiro atoms. The number of anilines is 6. The van der Waals surface area contributed by atoms with Crippen molar-refractivity contribution >= 4 is 55.7 Å². The minimum atomic E-state index is -0.0806. The highest BCUT2D eigenvalue weighted by Gasteiger charge is 2.44. The summed E-state index contributed by atoms with van der Waals surface area (Å²) < 4.78 is 0. The molecule has 2 aliphatic rings. The van der Waals surface area contributed by atoms with Crippen LogP contribution in [0, 0.1) is 0 Å². The fraction of sp³-hybridized carbons (Fsp3) is 0.0968. The maximum Gasteiger partial charge on any atom is 0.0546 e. The van der Waals surface area contributed by atoms with Crippen molar-refractivity contribution in [2.75, 3.05) is 9.80 Å². The van der Waals surface area contributed by atoms with Crippen LogP contribution in [-0.2, 0) is 5.41 Å². The van der Waals surface area contributed by atoms with Gasteiger partial charge < -0.3 is 9.80 Å². The van der Waals surface area contributed by atoms with Crippen molar-refractivity contribution in [2.45, 2.75) is 37.5 Å². The number of benzene rings is 10. The third-order valence-corrected chi connectivity index (χ3v) is 14.0. The summed E-state index contributed by atoms with van der Waals surface area (Å²) in [4.78, 5) is 4.96. The molecule has 0 aliphatic heterocycles. The molecule has 12 rings (SSSR count). The first-order valence-electron chi connectivity index (χ1n) is 22.9. The van der Waals surface area contributed by atoms with E-state index in [4.69, 9.17) is 0 Å². The van der Waals surface area contributed by atoms with E-state index in [1.165, 1.54) is 102 Å². The monoisotopic (exact) mass is 820 g/mol. The van der Waals surface area contributed by atoms with Gasteiger partial charge in [0.15, 0.2) is 0 Å². The van der Waals surface area contributed by atoms with Crippen LogP contribution in [0.15, 0.2) is 231 Å². The molecule has 0 saturated heterocycles. The number of hydrogen-bond donors (Lipinski definition) is 0. The van der Waals surface area contributed by atoms with Crippen LogP contribution in [0.25, 0.3) is 54.9 Å². The first-order chi connectivity index (χ1) is 31.7. The summed E-state index contributed by atoms with van der Waals surface area (Å²) >= 11 is 0. The second-order valence-electron chi connectivity index (χ2n) is 17.6. The lowest BCUT2D eigenvalue weighted by molar-refractivity contribution is 0.353. The lowest BCUT2D eigenvalue weighted by atomic mass is 9.67. The fourth-order valence-electron chi connectivity index (χ4n) is 11.0. The lowest BCUT2D eigenvalue weighted by Gasteiger charge is -2.37. The SMILES string of the molecule is c1ccc(-c2ccc(N(c3ccc(-c4ccccc4)cc3)c3ccc4c(c3)C3(CCCCC3)c3cc(N(c5ccccc5)c5cc6ccccc6c6ccccc56)ccc3-4)cc2)cc1. The molecule has 64 heavy (non-hydrogen) atoms.